The highest BCUT2D eigenvalue weighted by Crippen LogP contribution is 2.45. The Balaban J connectivity index is 5.16. The zero-order valence-corrected chi connectivity index (χ0v) is 60.1. The smallest absolute Gasteiger partial charge is 0.462 e. The first kappa shape index (κ1) is 88.1. The second kappa shape index (κ2) is 64.4. The Kier molecular flexibility index (Phi) is 63.0. The Morgan fingerprint density at radius 1 is 0.311 bits per heavy atom. The summed E-state index contributed by atoms with van der Waals surface area (Å²) in [6, 6.07) is 0. The van der Waals surface area contributed by atoms with Crippen molar-refractivity contribution >= 4 is 39.5 Å². The van der Waals surface area contributed by atoms with Crippen LogP contribution in [-0.2, 0) is 65.4 Å². The number of hydrogen-bond donors (Lipinski definition) is 3. The molecule has 0 aromatic rings. The molecule has 0 aliphatic carbocycles. The van der Waals surface area contributed by atoms with E-state index in [9.17, 15) is 43.2 Å². The van der Waals surface area contributed by atoms with Crippen LogP contribution in [0, 0.1) is 5.92 Å². The number of carbonyl (C=O) groups is 4. The van der Waals surface area contributed by atoms with Gasteiger partial charge in [0.2, 0.25) is 0 Å². The summed E-state index contributed by atoms with van der Waals surface area (Å²) in [5.74, 6) is -1.35. The van der Waals surface area contributed by atoms with Crippen molar-refractivity contribution in [2.45, 2.75) is 387 Å². The monoisotopic (exact) mass is 1320 g/mol. The van der Waals surface area contributed by atoms with E-state index in [0.717, 1.165) is 109 Å². The molecule has 0 aromatic heterocycles. The molecule has 3 N–H and O–H groups in total. The van der Waals surface area contributed by atoms with Gasteiger partial charge in [0.1, 0.15) is 19.3 Å². The van der Waals surface area contributed by atoms with E-state index in [4.69, 9.17) is 37.0 Å². The molecular formula is C71H138O17P2. The van der Waals surface area contributed by atoms with E-state index in [0.29, 0.717) is 25.7 Å². The van der Waals surface area contributed by atoms with Gasteiger partial charge in [0.25, 0.3) is 0 Å². The first-order valence-electron chi connectivity index (χ1n) is 37.2. The Morgan fingerprint density at radius 2 is 0.533 bits per heavy atom. The Bertz CT molecular complexity index is 1740. The quantitative estimate of drug-likeness (QED) is 0.0222. The minimum Gasteiger partial charge on any atom is -0.462 e. The third-order valence-electron chi connectivity index (χ3n) is 16.9. The van der Waals surface area contributed by atoms with Gasteiger partial charge in [0.15, 0.2) is 12.2 Å². The normalized spacial score (nSPS) is 14.4. The van der Waals surface area contributed by atoms with E-state index in [2.05, 4.69) is 34.6 Å². The fourth-order valence-electron chi connectivity index (χ4n) is 10.8. The maximum absolute atomic E-state index is 13.0. The van der Waals surface area contributed by atoms with Gasteiger partial charge in [0.05, 0.1) is 26.4 Å². The van der Waals surface area contributed by atoms with Crippen molar-refractivity contribution in [1.29, 1.82) is 0 Å². The van der Waals surface area contributed by atoms with Crippen LogP contribution in [0.5, 0.6) is 0 Å². The van der Waals surface area contributed by atoms with Crippen molar-refractivity contribution in [1.82, 2.24) is 0 Å². The van der Waals surface area contributed by atoms with Crippen LogP contribution in [0.3, 0.4) is 0 Å². The summed E-state index contributed by atoms with van der Waals surface area (Å²) in [5, 5.41) is 10.6. The van der Waals surface area contributed by atoms with Crippen LogP contribution in [0.2, 0.25) is 0 Å². The number of ether oxygens (including phenoxy) is 4. The van der Waals surface area contributed by atoms with Crippen molar-refractivity contribution in [2.75, 3.05) is 39.6 Å². The third kappa shape index (κ3) is 63.5. The number of esters is 4. The van der Waals surface area contributed by atoms with E-state index >= 15 is 0 Å². The fraction of sp³-hybridized carbons (Fsp3) is 0.944. The second-order valence-corrected chi connectivity index (χ2v) is 28.8. The maximum atomic E-state index is 13.0. The van der Waals surface area contributed by atoms with Crippen molar-refractivity contribution in [3.63, 3.8) is 0 Å². The molecule has 534 valence electrons. The molecule has 0 aromatic carbocycles. The van der Waals surface area contributed by atoms with Crippen molar-refractivity contribution in [3.05, 3.63) is 0 Å². The van der Waals surface area contributed by atoms with Gasteiger partial charge in [0, 0.05) is 25.7 Å². The molecule has 0 radical (unpaired) electrons. The molecule has 6 atom stereocenters. The van der Waals surface area contributed by atoms with Crippen LogP contribution in [-0.4, -0.2) is 96.7 Å². The van der Waals surface area contributed by atoms with Gasteiger partial charge in [-0.25, -0.2) is 9.13 Å². The molecule has 0 saturated heterocycles. The Labute approximate surface area is 549 Å². The largest absolute Gasteiger partial charge is 0.472 e. The molecule has 0 fully saturated rings. The van der Waals surface area contributed by atoms with Gasteiger partial charge in [-0.05, 0) is 31.6 Å². The van der Waals surface area contributed by atoms with Gasteiger partial charge in [-0.2, -0.15) is 0 Å². The summed E-state index contributed by atoms with van der Waals surface area (Å²) in [7, 11) is -9.89. The molecule has 3 unspecified atom stereocenters. The number of rotatable bonds is 71. The predicted octanol–water partition coefficient (Wildman–Crippen LogP) is 20.5. The van der Waals surface area contributed by atoms with E-state index in [1.54, 1.807) is 0 Å². The van der Waals surface area contributed by atoms with Gasteiger partial charge in [-0.3, -0.25) is 37.3 Å². The number of unbranched alkanes of at least 4 members (excludes halogenated alkanes) is 42. The van der Waals surface area contributed by atoms with Gasteiger partial charge in [-0.15, -0.1) is 0 Å². The van der Waals surface area contributed by atoms with Crippen molar-refractivity contribution in [3.8, 4) is 0 Å². The minimum atomic E-state index is -4.95. The molecule has 0 heterocycles. The molecule has 17 nitrogen and oxygen atoms in total. The molecule has 19 heteroatoms. The van der Waals surface area contributed by atoms with E-state index < -0.39 is 97.5 Å². The second-order valence-electron chi connectivity index (χ2n) is 25.9. The molecule has 0 bridgehead atoms. The minimum absolute atomic E-state index is 0.107. The first-order valence-corrected chi connectivity index (χ1v) is 40.2. The lowest BCUT2D eigenvalue weighted by atomic mass is 9.99. The van der Waals surface area contributed by atoms with Crippen LogP contribution in [0.25, 0.3) is 0 Å². The molecule has 90 heavy (non-hydrogen) atoms. The van der Waals surface area contributed by atoms with E-state index in [1.807, 2.05) is 0 Å². The lowest BCUT2D eigenvalue weighted by Gasteiger charge is -2.21. The number of aliphatic hydroxyl groups is 1. The van der Waals surface area contributed by atoms with Crippen LogP contribution in [0.1, 0.15) is 369 Å². The number of aliphatic hydroxyl groups excluding tert-OH is 1. The molecule has 0 amide bonds. The standard InChI is InChI=1S/C71H138O17P2/c1-6-10-13-16-19-21-23-24-25-26-27-28-29-30-31-33-35-42-47-52-57-71(76)88-67(61-82-69(74)55-50-45-40-37-36-39-43-48-53-64(5)9-4)63-86-90(79,80)84-59-65(72)58-83-89(77,78)85-62-66(60-81-68(73)54-49-44-38-18-15-12-8-3)87-70(75)56-51-46-41-34-32-22-20-17-14-11-7-2/h64-67,72H,6-63H2,1-5H3,(H,77,78)(H,79,80)/t64?,65-,66+,67+/m0/s1. The van der Waals surface area contributed by atoms with Gasteiger partial charge < -0.3 is 33.8 Å². The summed E-state index contributed by atoms with van der Waals surface area (Å²) in [4.78, 5) is 72.4. The average molecular weight is 1330 g/mol. The predicted molar refractivity (Wildman–Crippen MR) is 363 cm³/mol. The zero-order valence-electron chi connectivity index (χ0n) is 58.3. The topological polar surface area (TPSA) is 237 Å². The molecule has 0 saturated carbocycles. The summed E-state index contributed by atoms with van der Waals surface area (Å²) in [6.07, 6.45) is 51.5. The highest BCUT2D eigenvalue weighted by atomic mass is 31.2. The zero-order chi connectivity index (χ0) is 66.3. The van der Waals surface area contributed by atoms with Gasteiger partial charge in [-0.1, -0.05) is 317 Å². The Hall–Kier alpha value is -1.94. The van der Waals surface area contributed by atoms with Crippen LogP contribution < -0.4 is 0 Å². The molecule has 0 aliphatic heterocycles. The summed E-state index contributed by atoms with van der Waals surface area (Å²) in [6.45, 7) is 7.21. The van der Waals surface area contributed by atoms with Crippen LogP contribution in [0.4, 0.5) is 0 Å². The van der Waals surface area contributed by atoms with Crippen molar-refractivity contribution < 1.29 is 80.2 Å². The summed E-state index contributed by atoms with van der Waals surface area (Å²) < 4.78 is 68.2. The van der Waals surface area contributed by atoms with Crippen molar-refractivity contribution in [2.24, 2.45) is 5.92 Å². The molecule has 0 rings (SSSR count). The van der Waals surface area contributed by atoms with Crippen LogP contribution in [0.15, 0.2) is 0 Å². The lowest BCUT2D eigenvalue weighted by Crippen LogP contribution is -2.30. The fourth-order valence-corrected chi connectivity index (χ4v) is 12.4. The highest BCUT2D eigenvalue weighted by Gasteiger charge is 2.30. The summed E-state index contributed by atoms with van der Waals surface area (Å²) >= 11 is 0. The highest BCUT2D eigenvalue weighted by molar-refractivity contribution is 7.47. The molecule has 0 spiro atoms. The molecule has 0 aliphatic rings. The van der Waals surface area contributed by atoms with Gasteiger partial charge >= 0.3 is 39.5 Å². The Morgan fingerprint density at radius 3 is 0.789 bits per heavy atom. The van der Waals surface area contributed by atoms with E-state index in [1.165, 1.54) is 180 Å². The summed E-state index contributed by atoms with van der Waals surface area (Å²) in [5.41, 5.74) is 0. The SMILES string of the molecule is CCCCCCCCCCCCCCCCCCCCCCC(=O)O[C@H](COC(=O)CCCCCCCCCCC(C)CC)COP(=O)(O)OC[C@@H](O)COP(=O)(O)OC[C@@H](COC(=O)CCCCCCCCC)OC(=O)CCCCCCCCCCCCC. The van der Waals surface area contributed by atoms with Crippen LogP contribution >= 0.6 is 15.6 Å². The number of carbonyl (C=O) groups excluding carboxylic acids is 4. The lowest BCUT2D eigenvalue weighted by molar-refractivity contribution is -0.161. The third-order valence-corrected chi connectivity index (χ3v) is 18.8. The van der Waals surface area contributed by atoms with E-state index in [-0.39, 0.29) is 25.7 Å². The number of phosphoric ester groups is 2. The number of hydrogen-bond acceptors (Lipinski definition) is 15. The number of phosphoric acid groups is 2. The average Bonchev–Trinajstić information content (AvgIpc) is 3.20. The maximum Gasteiger partial charge on any atom is 0.472 e. The molecular weight excluding hydrogens is 1190 g/mol. The first-order chi connectivity index (χ1) is 43.6.